The summed E-state index contributed by atoms with van der Waals surface area (Å²) < 4.78 is 0. The van der Waals surface area contributed by atoms with E-state index in [9.17, 15) is 0 Å². The van der Waals surface area contributed by atoms with Crippen LogP contribution in [0.25, 0.3) is 0 Å². The van der Waals surface area contributed by atoms with Crippen molar-refractivity contribution in [3.63, 3.8) is 0 Å². The van der Waals surface area contributed by atoms with Crippen molar-refractivity contribution in [1.82, 2.24) is 16.0 Å². The fourth-order valence-electron chi connectivity index (χ4n) is 3.35. The highest BCUT2D eigenvalue weighted by Crippen LogP contribution is 2.34. The Kier molecular flexibility index (Phi) is 5.81. The summed E-state index contributed by atoms with van der Waals surface area (Å²) >= 11 is 5.19. The molecule has 0 saturated carbocycles. The predicted octanol–water partition coefficient (Wildman–Crippen LogP) is 2.58. The largest absolute Gasteiger partial charge is 0.363 e. The first-order valence-corrected chi connectivity index (χ1v) is 7.57. The highest BCUT2D eigenvalue weighted by atomic mass is 32.1. The molecule has 1 aliphatic rings. The quantitative estimate of drug-likeness (QED) is 0.535. The van der Waals surface area contributed by atoms with E-state index in [1.54, 1.807) is 0 Å². The van der Waals surface area contributed by atoms with Gasteiger partial charge in [0.25, 0.3) is 0 Å². The van der Waals surface area contributed by atoms with Crippen LogP contribution in [0.5, 0.6) is 0 Å². The van der Waals surface area contributed by atoms with Gasteiger partial charge in [-0.15, -0.1) is 6.58 Å². The van der Waals surface area contributed by atoms with E-state index in [0.717, 1.165) is 24.1 Å². The second-order valence-electron chi connectivity index (χ2n) is 6.88. The van der Waals surface area contributed by atoms with Crippen LogP contribution in [0, 0.1) is 5.92 Å². The molecule has 0 amide bonds. The molecule has 1 heterocycles. The minimum atomic E-state index is 0.230. The monoisotopic (exact) mass is 283 g/mol. The molecular weight excluding hydrogens is 254 g/mol. The molecule has 0 unspecified atom stereocenters. The molecule has 3 nitrogen and oxygen atoms in total. The molecule has 0 bridgehead atoms. The Morgan fingerprint density at radius 2 is 1.84 bits per heavy atom. The lowest BCUT2D eigenvalue weighted by Crippen LogP contribution is -2.58. The Morgan fingerprint density at radius 3 is 2.37 bits per heavy atom. The van der Waals surface area contributed by atoms with Crippen molar-refractivity contribution >= 4 is 17.3 Å². The minimum Gasteiger partial charge on any atom is -0.363 e. The van der Waals surface area contributed by atoms with Crippen LogP contribution in [0.15, 0.2) is 12.7 Å². The van der Waals surface area contributed by atoms with Gasteiger partial charge in [0.05, 0.1) is 0 Å². The van der Waals surface area contributed by atoms with Gasteiger partial charge in [-0.05, 0) is 65.1 Å². The van der Waals surface area contributed by atoms with Crippen LogP contribution in [0.4, 0.5) is 0 Å². The fourth-order valence-corrected chi connectivity index (χ4v) is 3.54. The zero-order valence-electron chi connectivity index (χ0n) is 12.8. The average Bonchev–Trinajstić information content (AvgIpc) is 2.22. The fraction of sp³-hybridized carbons (Fsp3) is 0.800. The van der Waals surface area contributed by atoms with Crippen molar-refractivity contribution in [2.45, 2.75) is 58.0 Å². The van der Waals surface area contributed by atoms with Crippen LogP contribution in [0.2, 0.25) is 0 Å². The van der Waals surface area contributed by atoms with Gasteiger partial charge in [0.15, 0.2) is 5.11 Å². The SMILES string of the molecule is C=CCNC(=S)NCCC1CC(C)(C)NC(C)(C)C1. The zero-order valence-corrected chi connectivity index (χ0v) is 13.6. The second kappa shape index (κ2) is 6.71. The molecule has 1 aliphatic heterocycles. The molecule has 110 valence electrons. The van der Waals surface area contributed by atoms with Crippen LogP contribution in [-0.2, 0) is 0 Å². The summed E-state index contributed by atoms with van der Waals surface area (Å²) in [4.78, 5) is 0. The van der Waals surface area contributed by atoms with Crippen LogP contribution in [-0.4, -0.2) is 29.3 Å². The highest BCUT2D eigenvalue weighted by molar-refractivity contribution is 7.80. The lowest BCUT2D eigenvalue weighted by atomic mass is 9.75. The van der Waals surface area contributed by atoms with Gasteiger partial charge in [0.2, 0.25) is 0 Å². The molecule has 0 atom stereocenters. The van der Waals surface area contributed by atoms with Crippen molar-refractivity contribution < 1.29 is 0 Å². The average molecular weight is 283 g/mol. The van der Waals surface area contributed by atoms with Crippen molar-refractivity contribution in [3.8, 4) is 0 Å². The summed E-state index contributed by atoms with van der Waals surface area (Å²) in [5, 5.41) is 10.8. The number of nitrogens with one attached hydrogen (secondary N) is 3. The van der Waals surface area contributed by atoms with E-state index in [1.165, 1.54) is 19.3 Å². The van der Waals surface area contributed by atoms with Gasteiger partial charge in [-0.1, -0.05) is 6.08 Å². The summed E-state index contributed by atoms with van der Waals surface area (Å²) in [6.07, 6.45) is 5.44. The molecule has 19 heavy (non-hydrogen) atoms. The third-order valence-corrected chi connectivity index (χ3v) is 3.81. The van der Waals surface area contributed by atoms with Gasteiger partial charge in [0.1, 0.15) is 0 Å². The zero-order chi connectivity index (χ0) is 14.5. The van der Waals surface area contributed by atoms with Gasteiger partial charge in [-0.25, -0.2) is 0 Å². The summed E-state index contributed by atoms with van der Waals surface area (Å²) in [5.41, 5.74) is 0.460. The number of hydrogen-bond acceptors (Lipinski definition) is 2. The van der Waals surface area contributed by atoms with Crippen molar-refractivity contribution in [2.75, 3.05) is 13.1 Å². The first-order valence-electron chi connectivity index (χ1n) is 7.16. The van der Waals surface area contributed by atoms with Crippen molar-refractivity contribution in [2.24, 2.45) is 5.92 Å². The number of thiocarbonyl (C=S) groups is 1. The lowest BCUT2D eigenvalue weighted by Gasteiger charge is -2.46. The van der Waals surface area contributed by atoms with E-state index >= 15 is 0 Å². The minimum absolute atomic E-state index is 0.230. The smallest absolute Gasteiger partial charge is 0.166 e. The maximum absolute atomic E-state index is 5.19. The Bertz CT molecular complexity index is 307. The molecule has 3 N–H and O–H groups in total. The molecule has 0 aromatic carbocycles. The van der Waals surface area contributed by atoms with Gasteiger partial charge < -0.3 is 16.0 Å². The standard InChI is InChI=1S/C15H29N3S/c1-6-8-16-13(19)17-9-7-12-10-14(2,3)18-15(4,5)11-12/h6,12,18H,1,7-11H2,2-5H3,(H2,16,17,19). The molecule has 1 fully saturated rings. The molecule has 1 saturated heterocycles. The second-order valence-corrected chi connectivity index (χ2v) is 7.29. The summed E-state index contributed by atoms with van der Waals surface area (Å²) in [6.45, 7) is 14.5. The first-order chi connectivity index (χ1) is 8.74. The Balaban J connectivity index is 2.32. The Morgan fingerprint density at radius 1 is 1.26 bits per heavy atom. The van der Waals surface area contributed by atoms with E-state index < -0.39 is 0 Å². The molecular formula is C15H29N3S. The van der Waals surface area contributed by atoms with E-state index in [1.807, 2.05) is 6.08 Å². The van der Waals surface area contributed by atoms with Gasteiger partial charge in [-0.2, -0.15) is 0 Å². The molecule has 0 spiro atoms. The topological polar surface area (TPSA) is 36.1 Å². The molecule has 0 aromatic heterocycles. The van der Waals surface area contributed by atoms with E-state index in [4.69, 9.17) is 12.2 Å². The molecule has 0 aliphatic carbocycles. The molecule has 1 rings (SSSR count). The van der Waals surface area contributed by atoms with Crippen LogP contribution in [0.1, 0.15) is 47.0 Å². The number of rotatable bonds is 5. The van der Waals surface area contributed by atoms with Crippen molar-refractivity contribution in [3.05, 3.63) is 12.7 Å². The number of hydrogen-bond donors (Lipinski definition) is 3. The number of piperidine rings is 1. The molecule has 0 aromatic rings. The Hall–Kier alpha value is -0.610. The maximum atomic E-state index is 5.19. The highest BCUT2D eigenvalue weighted by Gasteiger charge is 2.37. The van der Waals surface area contributed by atoms with Gasteiger partial charge in [-0.3, -0.25) is 0 Å². The molecule has 4 heteroatoms. The summed E-state index contributed by atoms with van der Waals surface area (Å²) in [6, 6.07) is 0. The lowest BCUT2D eigenvalue weighted by molar-refractivity contribution is 0.124. The van der Waals surface area contributed by atoms with Gasteiger partial charge >= 0.3 is 0 Å². The molecule has 0 radical (unpaired) electrons. The third kappa shape index (κ3) is 6.39. The summed E-state index contributed by atoms with van der Waals surface area (Å²) in [5.74, 6) is 0.751. The normalized spacial score (nSPS) is 21.7. The summed E-state index contributed by atoms with van der Waals surface area (Å²) in [7, 11) is 0. The van der Waals surface area contributed by atoms with Crippen molar-refractivity contribution in [1.29, 1.82) is 0 Å². The van der Waals surface area contributed by atoms with E-state index in [0.29, 0.717) is 0 Å². The third-order valence-electron chi connectivity index (χ3n) is 3.52. The van der Waals surface area contributed by atoms with Crippen LogP contribution < -0.4 is 16.0 Å². The predicted molar refractivity (Wildman–Crippen MR) is 87.4 cm³/mol. The maximum Gasteiger partial charge on any atom is 0.166 e. The van der Waals surface area contributed by atoms with E-state index in [-0.39, 0.29) is 11.1 Å². The van der Waals surface area contributed by atoms with Gasteiger partial charge in [0, 0.05) is 24.2 Å². The van der Waals surface area contributed by atoms with E-state index in [2.05, 4.69) is 50.2 Å². The Labute approximate surface area is 123 Å². The first kappa shape index (κ1) is 16.4. The van der Waals surface area contributed by atoms with Crippen LogP contribution in [0.3, 0.4) is 0 Å². The van der Waals surface area contributed by atoms with Crippen LogP contribution >= 0.6 is 12.2 Å².